The summed E-state index contributed by atoms with van der Waals surface area (Å²) >= 11 is 0. The van der Waals surface area contributed by atoms with Crippen LogP contribution >= 0.6 is 0 Å². The van der Waals surface area contributed by atoms with Crippen LogP contribution < -0.4 is 27.4 Å². The first-order valence-corrected chi connectivity index (χ1v) is 10.6. The molecular formula is C20H37N5O7. The molecule has 0 aromatic rings. The highest BCUT2D eigenvalue weighted by atomic mass is 16.4. The lowest BCUT2D eigenvalue weighted by Gasteiger charge is -2.28. The first kappa shape index (κ1) is 29.3. The molecule has 0 aliphatic rings. The number of nitrogens with one attached hydrogen (secondary N) is 3. The third-order valence-electron chi connectivity index (χ3n) is 5.16. The third-order valence-corrected chi connectivity index (χ3v) is 5.16. The van der Waals surface area contributed by atoms with Gasteiger partial charge in [0.05, 0.1) is 12.1 Å². The van der Waals surface area contributed by atoms with Crippen LogP contribution in [0.15, 0.2) is 0 Å². The van der Waals surface area contributed by atoms with Gasteiger partial charge in [-0.2, -0.15) is 0 Å². The molecule has 0 saturated heterocycles. The molecule has 184 valence electrons. The maximum Gasteiger partial charge on any atom is 0.326 e. The Morgan fingerprint density at radius 1 is 0.875 bits per heavy atom. The number of hydrogen-bond acceptors (Lipinski definition) is 7. The predicted molar refractivity (Wildman–Crippen MR) is 116 cm³/mol. The zero-order chi connectivity index (χ0) is 25.2. The molecule has 0 aliphatic carbocycles. The molecule has 0 aromatic heterocycles. The minimum atomic E-state index is -1.50. The average molecular weight is 460 g/mol. The maximum atomic E-state index is 12.8. The Bertz CT molecular complexity index is 683. The Morgan fingerprint density at radius 3 is 1.78 bits per heavy atom. The minimum absolute atomic E-state index is 0.116. The predicted octanol–water partition coefficient (Wildman–Crippen LogP) is -1.80. The number of aliphatic hydroxyl groups excluding tert-OH is 1. The van der Waals surface area contributed by atoms with E-state index in [9.17, 15) is 34.2 Å². The van der Waals surface area contributed by atoms with Gasteiger partial charge in [0.25, 0.3) is 0 Å². The third kappa shape index (κ3) is 9.60. The van der Waals surface area contributed by atoms with Gasteiger partial charge in [-0.1, -0.05) is 34.1 Å². The number of primary amides is 1. The lowest BCUT2D eigenvalue weighted by atomic mass is 9.97. The number of aliphatic carboxylic acids is 1. The molecule has 0 bridgehead atoms. The Balaban J connectivity index is 5.38. The van der Waals surface area contributed by atoms with Gasteiger partial charge in [-0.15, -0.1) is 0 Å². The van der Waals surface area contributed by atoms with Gasteiger partial charge >= 0.3 is 5.97 Å². The molecule has 9 N–H and O–H groups in total. The molecule has 12 nitrogen and oxygen atoms in total. The van der Waals surface area contributed by atoms with Crippen LogP contribution in [0.1, 0.15) is 53.9 Å². The highest BCUT2D eigenvalue weighted by Gasteiger charge is 2.34. The first-order chi connectivity index (χ1) is 14.7. The van der Waals surface area contributed by atoms with Crippen molar-refractivity contribution in [1.82, 2.24) is 16.0 Å². The second kappa shape index (κ2) is 13.6. The standard InChI is InChI=1S/C20H37N5O7/c1-6-10(4)14(22)17(28)24-15(9(2)3)18(29)25-16(11(5)26)19(30)23-12(20(31)32)7-8-13(21)27/h9-12,14-16,26H,6-8,22H2,1-5H3,(H2,21,27)(H,23,30)(H,24,28)(H,25,29)(H,31,32). The monoisotopic (exact) mass is 459 g/mol. The maximum absolute atomic E-state index is 12.8. The van der Waals surface area contributed by atoms with E-state index in [4.69, 9.17) is 11.5 Å². The number of carbonyl (C=O) groups excluding carboxylic acids is 4. The Labute approximate surface area is 187 Å². The largest absolute Gasteiger partial charge is 0.480 e. The van der Waals surface area contributed by atoms with E-state index in [1.165, 1.54) is 6.92 Å². The second-order valence-corrected chi connectivity index (χ2v) is 8.27. The zero-order valence-corrected chi connectivity index (χ0v) is 19.3. The van der Waals surface area contributed by atoms with Crippen LogP contribution in [0.5, 0.6) is 0 Å². The fraction of sp³-hybridized carbons (Fsp3) is 0.750. The summed E-state index contributed by atoms with van der Waals surface area (Å²) in [5.74, 6) is -4.86. The summed E-state index contributed by atoms with van der Waals surface area (Å²) in [6, 6.07) is -4.81. The van der Waals surface area contributed by atoms with E-state index in [-0.39, 0.29) is 24.7 Å². The van der Waals surface area contributed by atoms with Crippen LogP contribution in [0.25, 0.3) is 0 Å². The van der Waals surface area contributed by atoms with Crippen molar-refractivity contribution in [2.24, 2.45) is 23.3 Å². The van der Waals surface area contributed by atoms with E-state index in [0.29, 0.717) is 6.42 Å². The zero-order valence-electron chi connectivity index (χ0n) is 19.3. The molecular weight excluding hydrogens is 422 g/mol. The lowest BCUT2D eigenvalue weighted by Crippen LogP contribution is -2.61. The van der Waals surface area contributed by atoms with Crippen molar-refractivity contribution in [2.75, 3.05) is 0 Å². The molecule has 0 spiro atoms. The number of hydrogen-bond donors (Lipinski definition) is 7. The molecule has 32 heavy (non-hydrogen) atoms. The second-order valence-electron chi connectivity index (χ2n) is 8.27. The van der Waals surface area contributed by atoms with Gasteiger partial charge in [0.2, 0.25) is 23.6 Å². The molecule has 6 unspecified atom stereocenters. The van der Waals surface area contributed by atoms with E-state index < -0.39 is 59.9 Å². The summed E-state index contributed by atoms with van der Waals surface area (Å²) in [6.45, 7) is 8.29. The van der Waals surface area contributed by atoms with Gasteiger partial charge in [-0.3, -0.25) is 19.2 Å². The summed E-state index contributed by atoms with van der Waals surface area (Å²) in [5.41, 5.74) is 10.9. The normalized spacial score (nSPS) is 16.8. The number of rotatable bonds is 14. The van der Waals surface area contributed by atoms with Crippen molar-refractivity contribution in [3.63, 3.8) is 0 Å². The molecule has 0 saturated carbocycles. The molecule has 0 aliphatic heterocycles. The van der Waals surface area contributed by atoms with Crippen molar-refractivity contribution >= 4 is 29.6 Å². The summed E-state index contributed by atoms with van der Waals surface area (Å²) < 4.78 is 0. The van der Waals surface area contributed by atoms with Crippen LogP contribution in [0.2, 0.25) is 0 Å². The Hall–Kier alpha value is -2.73. The number of carbonyl (C=O) groups is 5. The molecule has 0 radical (unpaired) electrons. The molecule has 0 fully saturated rings. The van der Waals surface area contributed by atoms with E-state index >= 15 is 0 Å². The van der Waals surface area contributed by atoms with Crippen LogP contribution in [0.4, 0.5) is 0 Å². The van der Waals surface area contributed by atoms with Crippen molar-refractivity contribution in [2.45, 2.75) is 84.2 Å². The summed E-state index contributed by atoms with van der Waals surface area (Å²) in [6.07, 6.45) is -1.25. The number of amides is 4. The van der Waals surface area contributed by atoms with E-state index in [1.807, 2.05) is 6.92 Å². The van der Waals surface area contributed by atoms with Gasteiger partial charge in [-0.25, -0.2) is 4.79 Å². The number of nitrogens with two attached hydrogens (primary N) is 2. The van der Waals surface area contributed by atoms with E-state index in [1.54, 1.807) is 20.8 Å². The van der Waals surface area contributed by atoms with Gasteiger partial charge in [0.1, 0.15) is 18.1 Å². The fourth-order valence-electron chi connectivity index (χ4n) is 2.75. The van der Waals surface area contributed by atoms with Crippen LogP contribution in [0.3, 0.4) is 0 Å². The van der Waals surface area contributed by atoms with E-state index in [0.717, 1.165) is 0 Å². The quantitative estimate of drug-likeness (QED) is 0.157. The number of aliphatic hydroxyl groups is 1. The molecule has 0 heterocycles. The van der Waals surface area contributed by atoms with Crippen LogP contribution in [-0.4, -0.2) is 70.1 Å². The number of carboxylic acid groups (broad SMARTS) is 1. The Kier molecular flexibility index (Phi) is 12.5. The molecule has 4 amide bonds. The highest BCUT2D eigenvalue weighted by molar-refractivity contribution is 5.94. The lowest BCUT2D eigenvalue weighted by molar-refractivity contribution is -0.143. The highest BCUT2D eigenvalue weighted by Crippen LogP contribution is 2.09. The average Bonchev–Trinajstić information content (AvgIpc) is 2.70. The van der Waals surface area contributed by atoms with Crippen molar-refractivity contribution in [3.05, 3.63) is 0 Å². The van der Waals surface area contributed by atoms with Crippen molar-refractivity contribution in [1.29, 1.82) is 0 Å². The fourth-order valence-corrected chi connectivity index (χ4v) is 2.75. The molecule has 6 atom stereocenters. The molecule has 12 heteroatoms. The van der Waals surface area contributed by atoms with Crippen molar-refractivity contribution < 1.29 is 34.2 Å². The van der Waals surface area contributed by atoms with Crippen LogP contribution in [0, 0.1) is 11.8 Å². The SMILES string of the molecule is CCC(C)C(N)C(=O)NC(C(=O)NC(C(=O)NC(CCC(N)=O)C(=O)O)C(C)O)C(C)C. The van der Waals surface area contributed by atoms with Gasteiger partial charge in [0.15, 0.2) is 0 Å². The number of carboxylic acids is 1. The van der Waals surface area contributed by atoms with Gasteiger partial charge in [-0.05, 0) is 25.2 Å². The van der Waals surface area contributed by atoms with E-state index in [2.05, 4.69) is 16.0 Å². The minimum Gasteiger partial charge on any atom is -0.480 e. The first-order valence-electron chi connectivity index (χ1n) is 10.6. The molecule has 0 rings (SSSR count). The van der Waals surface area contributed by atoms with Gasteiger partial charge in [0, 0.05) is 6.42 Å². The summed E-state index contributed by atoms with van der Waals surface area (Å²) in [7, 11) is 0. The summed E-state index contributed by atoms with van der Waals surface area (Å²) in [4.78, 5) is 60.0. The Morgan fingerprint density at radius 2 is 1.38 bits per heavy atom. The van der Waals surface area contributed by atoms with Crippen molar-refractivity contribution in [3.8, 4) is 0 Å². The smallest absolute Gasteiger partial charge is 0.326 e. The molecule has 0 aromatic carbocycles. The summed E-state index contributed by atoms with van der Waals surface area (Å²) in [5, 5.41) is 26.3. The van der Waals surface area contributed by atoms with Gasteiger partial charge < -0.3 is 37.6 Å². The topological polar surface area (TPSA) is 214 Å². The van der Waals surface area contributed by atoms with Crippen LogP contribution in [-0.2, 0) is 24.0 Å².